The number of rotatable bonds is 2. The quantitative estimate of drug-likeness (QED) is 0.743. The summed E-state index contributed by atoms with van der Waals surface area (Å²) in [4.78, 5) is 4.11. The molecular formula is C12H10N2O. The number of nitriles is 1. The minimum atomic E-state index is 0.431. The third-order valence-electron chi connectivity index (χ3n) is 2.27. The van der Waals surface area contributed by atoms with Gasteiger partial charge < -0.3 is 4.74 Å². The molecule has 2 aromatic rings. The number of aromatic nitrogens is 1. The van der Waals surface area contributed by atoms with Crippen LogP contribution in [0.4, 0.5) is 0 Å². The summed E-state index contributed by atoms with van der Waals surface area (Å²) in [6.45, 7) is 0. The zero-order valence-electron chi connectivity index (χ0n) is 8.40. The van der Waals surface area contributed by atoms with E-state index in [1.165, 1.54) is 0 Å². The van der Waals surface area contributed by atoms with Crippen molar-refractivity contribution in [1.29, 1.82) is 5.26 Å². The molecule has 0 bridgehead atoms. The van der Waals surface area contributed by atoms with E-state index in [0.717, 1.165) is 16.3 Å². The second-order valence-corrected chi connectivity index (χ2v) is 3.21. The van der Waals surface area contributed by atoms with E-state index < -0.39 is 0 Å². The van der Waals surface area contributed by atoms with Crippen LogP contribution in [0, 0.1) is 11.3 Å². The van der Waals surface area contributed by atoms with Gasteiger partial charge in [0.05, 0.1) is 19.6 Å². The van der Waals surface area contributed by atoms with Crippen LogP contribution in [0.1, 0.15) is 5.56 Å². The van der Waals surface area contributed by atoms with E-state index in [4.69, 9.17) is 10.00 Å². The van der Waals surface area contributed by atoms with Crippen molar-refractivity contribution in [1.82, 2.24) is 4.98 Å². The lowest BCUT2D eigenvalue weighted by Crippen LogP contribution is -1.89. The van der Waals surface area contributed by atoms with E-state index in [0.29, 0.717) is 12.3 Å². The molecular weight excluding hydrogens is 188 g/mol. The molecule has 0 saturated carbocycles. The highest BCUT2D eigenvalue weighted by Crippen LogP contribution is 2.23. The van der Waals surface area contributed by atoms with Gasteiger partial charge in [-0.15, -0.1) is 0 Å². The highest BCUT2D eigenvalue weighted by atomic mass is 16.5. The first-order chi connectivity index (χ1) is 7.35. The lowest BCUT2D eigenvalue weighted by atomic mass is 10.1. The number of fused-ring (bicyclic) bond motifs is 1. The van der Waals surface area contributed by atoms with Crippen LogP contribution in [0.25, 0.3) is 10.8 Å². The molecule has 0 unspecified atom stereocenters. The van der Waals surface area contributed by atoms with Crippen LogP contribution >= 0.6 is 0 Å². The maximum absolute atomic E-state index is 8.61. The standard InChI is InChI=1S/C12H10N2O/c1-15-12-11-3-2-9(4-6-13)8-10(11)5-7-14-12/h2-3,5,7-8H,4H2,1H3. The molecule has 1 aromatic heterocycles. The molecule has 2 rings (SSSR count). The molecule has 0 N–H and O–H groups in total. The minimum absolute atomic E-state index is 0.431. The summed E-state index contributed by atoms with van der Waals surface area (Å²) < 4.78 is 5.15. The van der Waals surface area contributed by atoms with E-state index in [-0.39, 0.29) is 0 Å². The average Bonchev–Trinajstić information content (AvgIpc) is 2.28. The van der Waals surface area contributed by atoms with E-state index in [1.807, 2.05) is 24.3 Å². The topological polar surface area (TPSA) is 45.9 Å². The Balaban J connectivity index is 2.59. The molecule has 15 heavy (non-hydrogen) atoms. The fraction of sp³-hybridized carbons (Fsp3) is 0.167. The SMILES string of the molecule is COc1nccc2cc(CC#N)ccc12. The van der Waals surface area contributed by atoms with E-state index in [2.05, 4.69) is 11.1 Å². The predicted molar refractivity (Wildman–Crippen MR) is 57.6 cm³/mol. The van der Waals surface area contributed by atoms with Crippen molar-refractivity contribution < 1.29 is 4.74 Å². The normalized spacial score (nSPS) is 9.87. The van der Waals surface area contributed by atoms with Crippen molar-refractivity contribution in [2.75, 3.05) is 7.11 Å². The van der Waals surface area contributed by atoms with Gasteiger partial charge in [0.25, 0.3) is 0 Å². The van der Waals surface area contributed by atoms with Crippen molar-refractivity contribution in [3.63, 3.8) is 0 Å². The predicted octanol–water partition coefficient (Wildman–Crippen LogP) is 2.31. The maximum atomic E-state index is 8.61. The molecule has 0 radical (unpaired) electrons. The van der Waals surface area contributed by atoms with Gasteiger partial charge >= 0.3 is 0 Å². The average molecular weight is 198 g/mol. The van der Waals surface area contributed by atoms with Gasteiger partial charge in [0.2, 0.25) is 5.88 Å². The Kier molecular flexibility index (Phi) is 2.51. The van der Waals surface area contributed by atoms with Gasteiger partial charge in [-0.2, -0.15) is 5.26 Å². The number of methoxy groups -OCH3 is 1. The third-order valence-corrected chi connectivity index (χ3v) is 2.27. The Morgan fingerprint density at radius 3 is 3.00 bits per heavy atom. The molecule has 1 aromatic carbocycles. The Hall–Kier alpha value is -2.08. The molecule has 0 atom stereocenters. The van der Waals surface area contributed by atoms with Crippen molar-refractivity contribution in [3.8, 4) is 11.9 Å². The first kappa shape index (κ1) is 9.47. The molecule has 0 aliphatic rings. The first-order valence-corrected chi connectivity index (χ1v) is 4.63. The van der Waals surface area contributed by atoms with E-state index in [1.54, 1.807) is 13.3 Å². The van der Waals surface area contributed by atoms with Crippen LogP contribution in [-0.2, 0) is 6.42 Å². The Bertz CT molecular complexity index is 529. The van der Waals surface area contributed by atoms with Crippen molar-refractivity contribution in [3.05, 3.63) is 36.0 Å². The van der Waals surface area contributed by atoms with Crippen molar-refractivity contribution in [2.24, 2.45) is 0 Å². The number of nitrogens with zero attached hydrogens (tertiary/aromatic N) is 2. The van der Waals surface area contributed by atoms with Crippen LogP contribution < -0.4 is 4.74 Å². The summed E-state index contributed by atoms with van der Waals surface area (Å²) >= 11 is 0. The molecule has 74 valence electrons. The highest BCUT2D eigenvalue weighted by Gasteiger charge is 2.02. The van der Waals surface area contributed by atoms with E-state index in [9.17, 15) is 0 Å². The lowest BCUT2D eigenvalue weighted by Gasteiger charge is -2.04. The fourth-order valence-corrected chi connectivity index (χ4v) is 1.56. The van der Waals surface area contributed by atoms with Gasteiger partial charge in [-0.3, -0.25) is 0 Å². The second-order valence-electron chi connectivity index (χ2n) is 3.21. The zero-order valence-corrected chi connectivity index (χ0v) is 8.40. The van der Waals surface area contributed by atoms with Crippen LogP contribution in [0.2, 0.25) is 0 Å². The molecule has 0 amide bonds. The molecule has 3 nitrogen and oxygen atoms in total. The Morgan fingerprint density at radius 2 is 2.27 bits per heavy atom. The van der Waals surface area contributed by atoms with Crippen molar-refractivity contribution >= 4 is 10.8 Å². The van der Waals surface area contributed by atoms with Gasteiger partial charge in [-0.05, 0) is 29.1 Å². The fourth-order valence-electron chi connectivity index (χ4n) is 1.56. The molecule has 0 fully saturated rings. The number of ether oxygens (including phenoxy) is 1. The van der Waals surface area contributed by atoms with Gasteiger partial charge in [-0.1, -0.05) is 6.07 Å². The van der Waals surface area contributed by atoms with Crippen LogP contribution in [0.5, 0.6) is 5.88 Å². The molecule has 0 aliphatic carbocycles. The number of hydrogen-bond donors (Lipinski definition) is 0. The Morgan fingerprint density at radius 1 is 1.40 bits per heavy atom. The summed E-state index contributed by atoms with van der Waals surface area (Å²) in [5.41, 5.74) is 1.01. The maximum Gasteiger partial charge on any atom is 0.221 e. The summed E-state index contributed by atoms with van der Waals surface area (Å²) in [5, 5.41) is 10.6. The minimum Gasteiger partial charge on any atom is -0.481 e. The van der Waals surface area contributed by atoms with Crippen molar-refractivity contribution in [2.45, 2.75) is 6.42 Å². The number of benzene rings is 1. The summed E-state index contributed by atoms with van der Waals surface area (Å²) in [5.74, 6) is 0.621. The smallest absolute Gasteiger partial charge is 0.221 e. The zero-order chi connectivity index (χ0) is 10.7. The summed E-state index contributed by atoms with van der Waals surface area (Å²) in [6, 6.07) is 9.90. The van der Waals surface area contributed by atoms with Gasteiger partial charge in [0.15, 0.2) is 0 Å². The van der Waals surface area contributed by atoms with Gasteiger partial charge in [0.1, 0.15) is 0 Å². The van der Waals surface area contributed by atoms with Crippen LogP contribution in [0.15, 0.2) is 30.5 Å². The number of pyridine rings is 1. The van der Waals surface area contributed by atoms with Gasteiger partial charge in [-0.25, -0.2) is 4.98 Å². The lowest BCUT2D eigenvalue weighted by molar-refractivity contribution is 0.403. The monoisotopic (exact) mass is 198 g/mol. The van der Waals surface area contributed by atoms with Gasteiger partial charge in [0, 0.05) is 11.6 Å². The molecule has 3 heteroatoms. The second kappa shape index (κ2) is 3.97. The first-order valence-electron chi connectivity index (χ1n) is 4.63. The van der Waals surface area contributed by atoms with Crippen LogP contribution in [0.3, 0.4) is 0 Å². The largest absolute Gasteiger partial charge is 0.481 e. The summed E-state index contributed by atoms with van der Waals surface area (Å²) in [6.07, 6.45) is 2.14. The molecule has 0 saturated heterocycles. The molecule has 1 heterocycles. The molecule has 0 aliphatic heterocycles. The Labute approximate surface area is 87.9 Å². The van der Waals surface area contributed by atoms with E-state index >= 15 is 0 Å². The van der Waals surface area contributed by atoms with Crippen LogP contribution in [-0.4, -0.2) is 12.1 Å². The summed E-state index contributed by atoms with van der Waals surface area (Å²) in [7, 11) is 1.60. The molecule has 0 spiro atoms. The third kappa shape index (κ3) is 1.75. The highest BCUT2D eigenvalue weighted by molar-refractivity contribution is 5.87. The number of hydrogen-bond acceptors (Lipinski definition) is 3.